The van der Waals surface area contributed by atoms with Crippen LogP contribution in [0.3, 0.4) is 0 Å². The van der Waals surface area contributed by atoms with Crippen molar-refractivity contribution in [2.45, 2.75) is 143 Å². The minimum absolute atomic E-state index is 0.0460. The number of aromatic amines is 1. The van der Waals surface area contributed by atoms with Gasteiger partial charge in [-0.05, 0) is 162 Å². The van der Waals surface area contributed by atoms with Crippen molar-refractivity contribution in [1.82, 2.24) is 35.4 Å². The molecule has 1 saturated heterocycles. The number of pyridine rings is 1. The Morgan fingerprint density at radius 3 is 2.26 bits per heavy atom. The second-order valence-corrected chi connectivity index (χ2v) is 26.3. The highest BCUT2D eigenvalue weighted by Crippen LogP contribution is 2.51. The number of sulfonamides is 1. The van der Waals surface area contributed by atoms with Gasteiger partial charge in [0.05, 0.1) is 35.4 Å². The fraction of sp³-hybridized carbons (Fsp3) is 0.547. The van der Waals surface area contributed by atoms with E-state index in [1.165, 1.54) is 54.5 Å². The number of nitrogens with two attached hydrogens (primary N) is 2. The minimum atomic E-state index is -3.51. The summed E-state index contributed by atoms with van der Waals surface area (Å²) in [6.45, 7) is 12.6. The summed E-state index contributed by atoms with van der Waals surface area (Å²) in [5.74, 6) is 6.02. The lowest BCUT2D eigenvalue weighted by atomic mass is 9.88. The Morgan fingerprint density at radius 1 is 0.909 bits per heavy atom. The average molecular weight is 1230 g/mol. The molecule has 10 N–H and O–H groups in total. The number of hydrogen-bond acceptors (Lipinski definition) is 17. The van der Waals surface area contributed by atoms with Crippen molar-refractivity contribution < 1.29 is 46.9 Å². The molecule has 2 atom stereocenters. The largest absolute Gasteiger partial charge is 0.484 e. The Balaban J connectivity index is 0.719. The molecule has 2 aromatic heterocycles. The predicted octanol–water partition coefficient (Wildman–Crippen LogP) is 7.87. The van der Waals surface area contributed by atoms with Gasteiger partial charge >= 0.3 is 5.97 Å². The summed E-state index contributed by atoms with van der Waals surface area (Å²) in [7, 11) is -3.51. The van der Waals surface area contributed by atoms with Gasteiger partial charge in [0, 0.05) is 86.8 Å². The molecular weight excluding hydrogens is 1140 g/mol. The number of piperidine rings is 1. The first-order chi connectivity index (χ1) is 42.3. The van der Waals surface area contributed by atoms with Crippen molar-refractivity contribution in [2.75, 3.05) is 63.6 Å². The van der Waals surface area contributed by atoms with E-state index >= 15 is 0 Å². The SMILES string of the molecule is Cc1n[nH]c(C)c1-c1ccc(NC[C@@H](NC(=O)C(/C=C\N)=NCCCCCCN=C/C(CCCS(=O)(=O)N2CCC(OCCNC(=O)COc3cccc(Oc4ccc(C(=O)N[C@@H](CCC(C)(C)C)C(=O)O)cn4)c3)CC2)=N\N)C(C2CC2)C2CC2)cc1. The molecule has 0 radical (unpaired) electrons. The van der Waals surface area contributed by atoms with Crippen molar-refractivity contribution in [3.8, 4) is 28.5 Å². The highest BCUT2D eigenvalue weighted by molar-refractivity contribution is 7.89. The zero-order chi connectivity index (χ0) is 63.1. The van der Waals surface area contributed by atoms with Crippen molar-refractivity contribution in [1.29, 1.82) is 0 Å². The first-order valence-electron chi connectivity index (χ1n) is 30.9. The number of amides is 3. The number of rotatable bonds is 37. The van der Waals surface area contributed by atoms with Gasteiger partial charge in [-0.25, -0.2) is 22.5 Å². The number of carboxylic acid groups (broad SMARTS) is 1. The van der Waals surface area contributed by atoms with Crippen molar-refractivity contribution in [3.05, 3.63) is 96.1 Å². The third-order valence-electron chi connectivity index (χ3n) is 15.9. The van der Waals surface area contributed by atoms with Gasteiger partial charge in [-0.1, -0.05) is 51.8 Å². The number of anilines is 1. The molecule has 3 heterocycles. The second kappa shape index (κ2) is 33.6. The lowest BCUT2D eigenvalue weighted by Gasteiger charge is -2.31. The first kappa shape index (κ1) is 67.8. The van der Waals surface area contributed by atoms with E-state index in [4.69, 9.17) is 25.8 Å². The fourth-order valence-corrected chi connectivity index (χ4v) is 12.4. The van der Waals surface area contributed by atoms with Crippen LogP contribution in [-0.2, 0) is 29.1 Å². The molecule has 0 unspecified atom stereocenters. The maximum Gasteiger partial charge on any atom is 0.326 e. The molecule has 88 heavy (non-hydrogen) atoms. The number of hydrogen-bond donors (Lipinski definition) is 8. The molecule has 0 spiro atoms. The summed E-state index contributed by atoms with van der Waals surface area (Å²) >= 11 is 0. The van der Waals surface area contributed by atoms with Crippen molar-refractivity contribution >= 4 is 57.0 Å². The molecule has 2 saturated carbocycles. The number of carbonyl (C=O) groups is 4. The molecule has 2 aromatic carbocycles. The molecule has 24 heteroatoms. The van der Waals surface area contributed by atoms with Crippen LogP contribution in [-0.4, -0.2) is 151 Å². The van der Waals surface area contributed by atoms with Crippen LogP contribution in [0, 0.1) is 37.0 Å². The predicted molar refractivity (Wildman–Crippen MR) is 342 cm³/mol. The number of H-pyrrole nitrogens is 1. The number of unbranched alkanes of at least 4 members (excludes halogenated alkanes) is 3. The minimum Gasteiger partial charge on any atom is -0.484 e. The average Bonchev–Trinajstić information content (AvgIpc) is 4.02. The van der Waals surface area contributed by atoms with E-state index in [1.54, 1.807) is 36.6 Å². The monoisotopic (exact) mass is 1230 g/mol. The van der Waals surface area contributed by atoms with Crippen LogP contribution in [0.15, 0.2) is 94.2 Å². The van der Waals surface area contributed by atoms with Gasteiger partial charge in [0.1, 0.15) is 23.3 Å². The Bertz CT molecular complexity index is 3110. The van der Waals surface area contributed by atoms with Crippen LogP contribution in [0.1, 0.15) is 132 Å². The second-order valence-electron chi connectivity index (χ2n) is 24.2. The standard InChI is InChI=1S/C64H91N13O10S/c1-43-59(44(2)76-75-43)45-19-22-49(23-20-45)70-41-56(60(46-15-16-46)47-17-18-47)73-62(80)54(26-30-65)68-32-9-7-6-8-31-67-40-50(74-66)12-11-37-88(83,84)77-34-27-51(28-35-77)85-36-33-69-57(78)42-86-52-13-10-14-53(38-52)87-58-24-21-48(39-71-58)61(79)72-55(63(81)82)25-29-64(3,4)5/h10,13-14,19-24,26,30,38-40,46-47,51,55-56,60,70H,6-9,11-12,15-18,25,27-29,31-37,41-42,65-66H2,1-5H3,(H,69,78)(H,72,79)(H,73,80)(H,75,76)(H,81,82)/b30-26-,67-40?,68-54?,74-50-/t55-,56+/m0/s1. The maximum atomic E-state index is 13.8. The zero-order valence-corrected chi connectivity index (χ0v) is 52.5. The zero-order valence-electron chi connectivity index (χ0n) is 51.7. The molecule has 3 amide bonds. The Morgan fingerprint density at radius 2 is 1.62 bits per heavy atom. The molecule has 3 aliphatic rings. The topological polar surface area (TPSA) is 332 Å². The number of carbonyl (C=O) groups excluding carboxylic acids is 3. The number of aromatic nitrogens is 3. The molecule has 4 aromatic rings. The van der Waals surface area contributed by atoms with Gasteiger partial charge in [0.15, 0.2) is 6.61 Å². The Labute approximate surface area is 517 Å². The molecule has 1 aliphatic heterocycles. The van der Waals surface area contributed by atoms with Crippen LogP contribution in [0.2, 0.25) is 0 Å². The number of carboxylic acids is 1. The normalized spacial score (nSPS) is 16.2. The van der Waals surface area contributed by atoms with Gasteiger partial charge in [-0.2, -0.15) is 10.2 Å². The first-order valence-corrected chi connectivity index (χ1v) is 32.5. The fourth-order valence-electron chi connectivity index (χ4n) is 10.8. The highest BCUT2D eigenvalue weighted by atomic mass is 32.2. The van der Waals surface area contributed by atoms with Gasteiger partial charge in [0.25, 0.3) is 17.7 Å². The summed E-state index contributed by atoms with van der Waals surface area (Å²) in [5, 5.41) is 33.2. The van der Waals surface area contributed by atoms with E-state index in [-0.39, 0.29) is 66.3 Å². The third kappa shape index (κ3) is 22.5. The lowest BCUT2D eigenvalue weighted by Crippen LogP contribution is -2.48. The van der Waals surface area contributed by atoms with Gasteiger partial charge in [-0.15, -0.1) is 0 Å². The maximum absolute atomic E-state index is 13.8. The molecule has 7 rings (SSSR count). The van der Waals surface area contributed by atoms with E-state index in [0.717, 1.165) is 53.9 Å². The number of nitrogens with one attached hydrogen (secondary N) is 5. The van der Waals surface area contributed by atoms with Gasteiger partial charge in [-0.3, -0.25) is 29.5 Å². The number of ether oxygens (including phenoxy) is 3. The van der Waals surface area contributed by atoms with Gasteiger partial charge < -0.3 is 52.2 Å². The number of benzene rings is 2. The molecule has 0 bridgehead atoms. The van der Waals surface area contributed by atoms with Crippen LogP contribution in [0.25, 0.3) is 11.1 Å². The van der Waals surface area contributed by atoms with E-state index in [1.807, 2.05) is 34.6 Å². The summed E-state index contributed by atoms with van der Waals surface area (Å²) in [6.07, 6.45) is 16.7. The Hall–Kier alpha value is -7.70. The highest BCUT2D eigenvalue weighted by Gasteiger charge is 2.46. The van der Waals surface area contributed by atoms with Crippen LogP contribution in [0.4, 0.5) is 5.69 Å². The third-order valence-corrected chi connectivity index (χ3v) is 17.9. The smallest absolute Gasteiger partial charge is 0.326 e. The van der Waals surface area contributed by atoms with Crippen molar-refractivity contribution in [3.63, 3.8) is 0 Å². The number of aryl methyl sites for hydroxylation is 2. The molecule has 23 nitrogen and oxygen atoms in total. The summed E-state index contributed by atoms with van der Waals surface area (Å²) in [4.78, 5) is 64.2. The van der Waals surface area contributed by atoms with Crippen LogP contribution < -0.4 is 42.3 Å². The quantitative estimate of drug-likeness (QED) is 0.00922. The lowest BCUT2D eigenvalue weighted by molar-refractivity contribution is -0.139. The van der Waals surface area contributed by atoms with Crippen LogP contribution in [0.5, 0.6) is 17.4 Å². The van der Waals surface area contributed by atoms with E-state index in [2.05, 4.69) is 75.8 Å². The molecular formula is C64H91N13O10S. The Kier molecular flexibility index (Phi) is 25.9. The summed E-state index contributed by atoms with van der Waals surface area (Å²) in [6, 6.07) is 16.9. The summed E-state index contributed by atoms with van der Waals surface area (Å²) in [5.41, 5.74) is 12.0. The number of aliphatic carboxylic acids is 1. The summed E-state index contributed by atoms with van der Waals surface area (Å²) < 4.78 is 45.5. The number of nitrogens with zero attached hydrogens (tertiary/aromatic N) is 6. The number of aliphatic imine (C=N–C) groups is 2. The van der Waals surface area contributed by atoms with Crippen molar-refractivity contribution in [2.24, 2.45) is 49.8 Å². The molecule has 2 aliphatic carbocycles. The van der Waals surface area contributed by atoms with Gasteiger partial charge in [0.2, 0.25) is 15.9 Å². The van der Waals surface area contributed by atoms with Crippen LogP contribution >= 0.6 is 0 Å². The molecule has 3 fully saturated rings. The van der Waals surface area contributed by atoms with E-state index in [9.17, 15) is 32.7 Å². The number of hydrazone groups is 1. The molecule has 478 valence electrons. The van der Waals surface area contributed by atoms with E-state index < -0.39 is 27.9 Å². The van der Waals surface area contributed by atoms with E-state index in [0.29, 0.717) is 112 Å².